The fourth-order valence-electron chi connectivity index (χ4n) is 2.42. The number of hydrogen-bond donors (Lipinski definition) is 1. The molecule has 0 bridgehead atoms. The number of nitrogens with one attached hydrogen (secondary N) is 1. The van der Waals surface area contributed by atoms with E-state index in [2.05, 4.69) is 5.32 Å². The van der Waals surface area contributed by atoms with Gasteiger partial charge >= 0.3 is 0 Å². The number of rotatable bonds is 7. The van der Waals surface area contributed by atoms with Gasteiger partial charge in [-0.2, -0.15) is 0 Å². The molecule has 0 spiro atoms. The van der Waals surface area contributed by atoms with Gasteiger partial charge in [0.2, 0.25) is 0 Å². The van der Waals surface area contributed by atoms with E-state index in [-0.39, 0.29) is 12.4 Å². The van der Waals surface area contributed by atoms with E-state index in [1.165, 1.54) is 7.11 Å². The summed E-state index contributed by atoms with van der Waals surface area (Å²) < 4.78 is 21.5. The minimum atomic E-state index is -0.403. The van der Waals surface area contributed by atoms with Gasteiger partial charge in [-0.15, -0.1) is 0 Å². The van der Waals surface area contributed by atoms with E-state index < -0.39 is 5.91 Å². The molecule has 1 aromatic heterocycles. The number of furan rings is 1. The van der Waals surface area contributed by atoms with Crippen molar-refractivity contribution in [2.75, 3.05) is 19.5 Å². The fraction of sp³-hybridized carbons (Fsp3) is 0.150. The molecular formula is C20H17Cl2NO5. The summed E-state index contributed by atoms with van der Waals surface area (Å²) in [4.78, 5) is 12.4. The molecular weight excluding hydrogens is 405 g/mol. The standard InChI is InChI=1S/C20H17Cl2NO5/c1-25-16-7-4-13(10-19(16)26-2)23-20(24)17-8-5-14(28-17)11-27-18-9-12(21)3-6-15(18)22/h3-10H,11H2,1-2H3,(H,23,24). The van der Waals surface area contributed by atoms with E-state index in [1.807, 2.05) is 0 Å². The number of ether oxygens (including phenoxy) is 3. The third-order valence-corrected chi connectivity index (χ3v) is 4.34. The van der Waals surface area contributed by atoms with E-state index in [9.17, 15) is 4.79 Å². The number of methoxy groups -OCH3 is 2. The quantitative estimate of drug-likeness (QED) is 0.550. The summed E-state index contributed by atoms with van der Waals surface area (Å²) in [7, 11) is 3.06. The highest BCUT2D eigenvalue weighted by atomic mass is 35.5. The normalized spacial score (nSPS) is 10.4. The summed E-state index contributed by atoms with van der Waals surface area (Å²) in [6.45, 7) is 0.101. The van der Waals surface area contributed by atoms with E-state index >= 15 is 0 Å². The van der Waals surface area contributed by atoms with Crippen molar-refractivity contribution in [2.24, 2.45) is 0 Å². The van der Waals surface area contributed by atoms with E-state index in [1.54, 1.807) is 55.6 Å². The van der Waals surface area contributed by atoms with Crippen molar-refractivity contribution in [3.63, 3.8) is 0 Å². The number of anilines is 1. The van der Waals surface area contributed by atoms with Gasteiger partial charge in [0.25, 0.3) is 5.91 Å². The molecule has 1 heterocycles. The molecule has 2 aromatic carbocycles. The second kappa shape index (κ2) is 8.91. The van der Waals surface area contributed by atoms with Crippen LogP contribution in [0.25, 0.3) is 0 Å². The summed E-state index contributed by atoms with van der Waals surface area (Å²) in [6, 6.07) is 13.2. The van der Waals surface area contributed by atoms with Gasteiger partial charge < -0.3 is 23.9 Å². The van der Waals surface area contributed by atoms with E-state index in [0.717, 1.165) is 0 Å². The maximum Gasteiger partial charge on any atom is 0.291 e. The van der Waals surface area contributed by atoms with Crippen LogP contribution in [0.2, 0.25) is 10.0 Å². The highest BCUT2D eigenvalue weighted by molar-refractivity contribution is 6.34. The van der Waals surface area contributed by atoms with Gasteiger partial charge in [-0.05, 0) is 36.4 Å². The lowest BCUT2D eigenvalue weighted by Crippen LogP contribution is -2.11. The van der Waals surface area contributed by atoms with Gasteiger partial charge in [-0.1, -0.05) is 23.2 Å². The van der Waals surface area contributed by atoms with Crippen LogP contribution in [0, 0.1) is 0 Å². The molecule has 0 saturated heterocycles. The van der Waals surface area contributed by atoms with Crippen LogP contribution in [-0.4, -0.2) is 20.1 Å². The van der Waals surface area contributed by atoms with E-state index in [0.29, 0.717) is 38.7 Å². The predicted molar refractivity (Wildman–Crippen MR) is 107 cm³/mol. The average Bonchev–Trinajstić information content (AvgIpc) is 3.17. The van der Waals surface area contributed by atoms with Crippen molar-refractivity contribution in [1.29, 1.82) is 0 Å². The lowest BCUT2D eigenvalue weighted by atomic mass is 10.2. The summed E-state index contributed by atoms with van der Waals surface area (Å²) in [5.74, 6) is 1.71. The summed E-state index contributed by atoms with van der Waals surface area (Å²) in [5.41, 5.74) is 0.544. The molecule has 1 N–H and O–H groups in total. The van der Waals surface area contributed by atoms with Gasteiger partial charge in [0.1, 0.15) is 18.1 Å². The number of amides is 1. The molecule has 6 nitrogen and oxygen atoms in total. The molecule has 0 unspecified atom stereocenters. The Balaban J connectivity index is 1.64. The zero-order valence-electron chi connectivity index (χ0n) is 15.1. The van der Waals surface area contributed by atoms with Crippen molar-refractivity contribution < 1.29 is 23.4 Å². The second-order valence-corrected chi connectivity index (χ2v) is 6.50. The first-order valence-corrected chi connectivity index (χ1v) is 8.95. The van der Waals surface area contributed by atoms with Crippen molar-refractivity contribution in [3.05, 3.63) is 70.1 Å². The lowest BCUT2D eigenvalue weighted by Gasteiger charge is -2.10. The highest BCUT2D eigenvalue weighted by Gasteiger charge is 2.14. The van der Waals surface area contributed by atoms with Crippen LogP contribution in [0.1, 0.15) is 16.3 Å². The van der Waals surface area contributed by atoms with Crippen LogP contribution in [0.4, 0.5) is 5.69 Å². The molecule has 0 aliphatic heterocycles. The van der Waals surface area contributed by atoms with Crippen LogP contribution in [0.3, 0.4) is 0 Å². The van der Waals surface area contributed by atoms with Crippen LogP contribution >= 0.6 is 23.2 Å². The SMILES string of the molecule is COc1ccc(NC(=O)c2ccc(COc3cc(Cl)ccc3Cl)o2)cc1OC. The Hall–Kier alpha value is -2.83. The molecule has 1 amide bonds. The number of halogens is 2. The molecule has 0 aliphatic carbocycles. The number of carbonyl (C=O) groups excluding carboxylic acids is 1. The Morgan fingerprint density at radius 3 is 2.50 bits per heavy atom. The first-order chi connectivity index (χ1) is 13.5. The largest absolute Gasteiger partial charge is 0.493 e. The first-order valence-electron chi connectivity index (χ1n) is 8.20. The van der Waals surface area contributed by atoms with Gasteiger partial charge in [-0.3, -0.25) is 4.79 Å². The van der Waals surface area contributed by atoms with Crippen LogP contribution in [0.5, 0.6) is 17.2 Å². The molecule has 146 valence electrons. The number of hydrogen-bond acceptors (Lipinski definition) is 5. The third kappa shape index (κ3) is 4.71. The van der Waals surface area contributed by atoms with Crippen molar-refractivity contribution in [3.8, 4) is 17.2 Å². The van der Waals surface area contributed by atoms with Gasteiger partial charge in [0.15, 0.2) is 17.3 Å². The maximum atomic E-state index is 12.4. The highest BCUT2D eigenvalue weighted by Crippen LogP contribution is 2.30. The summed E-state index contributed by atoms with van der Waals surface area (Å²) in [6.07, 6.45) is 0. The Bertz CT molecular complexity index is 986. The lowest BCUT2D eigenvalue weighted by molar-refractivity contribution is 0.0992. The molecule has 0 aliphatic rings. The predicted octanol–water partition coefficient (Wildman–Crippen LogP) is 5.43. The molecule has 3 aromatic rings. The molecule has 0 radical (unpaired) electrons. The Morgan fingerprint density at radius 1 is 0.964 bits per heavy atom. The van der Waals surface area contributed by atoms with Crippen LogP contribution in [-0.2, 0) is 6.61 Å². The minimum absolute atomic E-state index is 0.101. The molecule has 8 heteroatoms. The van der Waals surface area contributed by atoms with Gasteiger partial charge in [0, 0.05) is 22.8 Å². The Labute approximate surface area is 171 Å². The fourth-order valence-corrected chi connectivity index (χ4v) is 2.76. The zero-order chi connectivity index (χ0) is 20.1. The molecule has 28 heavy (non-hydrogen) atoms. The first kappa shape index (κ1) is 19.9. The van der Waals surface area contributed by atoms with Gasteiger partial charge in [0.05, 0.1) is 19.2 Å². The average molecular weight is 422 g/mol. The molecule has 3 rings (SSSR count). The zero-order valence-corrected chi connectivity index (χ0v) is 16.6. The van der Waals surface area contributed by atoms with E-state index in [4.69, 9.17) is 41.8 Å². The number of carbonyl (C=O) groups is 1. The summed E-state index contributed by atoms with van der Waals surface area (Å²) in [5, 5.41) is 3.68. The van der Waals surface area contributed by atoms with Crippen LogP contribution in [0.15, 0.2) is 52.9 Å². The third-order valence-electron chi connectivity index (χ3n) is 3.79. The van der Waals surface area contributed by atoms with Crippen molar-refractivity contribution in [2.45, 2.75) is 6.61 Å². The molecule has 0 atom stereocenters. The Morgan fingerprint density at radius 2 is 1.75 bits per heavy atom. The molecule has 0 fully saturated rings. The number of benzene rings is 2. The topological polar surface area (TPSA) is 69.9 Å². The van der Waals surface area contributed by atoms with Crippen molar-refractivity contribution in [1.82, 2.24) is 0 Å². The molecule has 0 saturated carbocycles. The second-order valence-electron chi connectivity index (χ2n) is 5.65. The Kier molecular flexibility index (Phi) is 6.34. The minimum Gasteiger partial charge on any atom is -0.493 e. The van der Waals surface area contributed by atoms with Crippen molar-refractivity contribution >= 4 is 34.8 Å². The monoisotopic (exact) mass is 421 g/mol. The smallest absolute Gasteiger partial charge is 0.291 e. The van der Waals surface area contributed by atoms with Gasteiger partial charge in [-0.25, -0.2) is 0 Å². The maximum absolute atomic E-state index is 12.4. The summed E-state index contributed by atoms with van der Waals surface area (Å²) >= 11 is 12.0. The van der Waals surface area contributed by atoms with Crippen LogP contribution < -0.4 is 19.5 Å².